The molecular weight excluding hydrogens is 292 g/mol. The summed E-state index contributed by atoms with van der Waals surface area (Å²) in [5.74, 6) is 4.45. The van der Waals surface area contributed by atoms with Crippen molar-refractivity contribution in [3.63, 3.8) is 0 Å². The monoisotopic (exact) mass is 316 g/mol. The summed E-state index contributed by atoms with van der Waals surface area (Å²) >= 11 is 0. The molecule has 0 amide bonds. The van der Waals surface area contributed by atoms with Crippen LogP contribution in [0.25, 0.3) is 0 Å². The quantitative estimate of drug-likeness (QED) is 0.860. The van der Waals surface area contributed by atoms with Crippen LogP contribution < -0.4 is 0 Å². The Bertz CT molecular complexity index is 670. The number of piperidine rings is 1. The molecule has 4 rings (SSSR count). The van der Waals surface area contributed by atoms with Gasteiger partial charge < -0.3 is 9.09 Å². The van der Waals surface area contributed by atoms with Crippen LogP contribution >= 0.6 is 0 Å². The van der Waals surface area contributed by atoms with E-state index in [1.165, 1.54) is 18.1 Å². The van der Waals surface area contributed by atoms with E-state index >= 15 is 0 Å². The molecule has 7 nitrogen and oxygen atoms in total. The minimum atomic E-state index is 0.188. The van der Waals surface area contributed by atoms with Gasteiger partial charge in [-0.1, -0.05) is 12.1 Å². The highest BCUT2D eigenvalue weighted by atomic mass is 16.5. The highest BCUT2D eigenvalue weighted by Crippen LogP contribution is 2.32. The first kappa shape index (κ1) is 14.8. The minimum absolute atomic E-state index is 0.188. The van der Waals surface area contributed by atoms with Crippen LogP contribution in [-0.2, 0) is 19.4 Å². The Morgan fingerprint density at radius 2 is 2.04 bits per heavy atom. The zero-order valence-electron chi connectivity index (χ0n) is 13.9. The van der Waals surface area contributed by atoms with Crippen molar-refractivity contribution in [1.29, 1.82) is 0 Å². The van der Waals surface area contributed by atoms with Crippen molar-refractivity contribution in [3.05, 3.63) is 23.4 Å². The van der Waals surface area contributed by atoms with E-state index in [1.807, 2.05) is 6.92 Å². The van der Waals surface area contributed by atoms with Crippen LogP contribution in [0.3, 0.4) is 0 Å². The minimum Gasteiger partial charge on any atom is -0.338 e. The molecule has 2 aromatic rings. The van der Waals surface area contributed by atoms with E-state index in [0.29, 0.717) is 5.92 Å². The standard InChI is InChI=1S/C16H24N6O/c1-3-13-17-16(23-20-13)11(2)21-9-6-12(7-10-21)15-19-18-14-5-4-8-22(14)15/h11-12H,3-10H2,1-2H3/t11-/m0/s1. The van der Waals surface area contributed by atoms with Gasteiger partial charge in [0.15, 0.2) is 5.82 Å². The van der Waals surface area contributed by atoms with Crippen molar-refractivity contribution in [2.24, 2.45) is 0 Å². The predicted octanol–water partition coefficient (Wildman–Crippen LogP) is 2.11. The molecule has 0 bridgehead atoms. The van der Waals surface area contributed by atoms with Crippen LogP contribution in [0.2, 0.25) is 0 Å². The number of likely N-dealkylation sites (tertiary alicyclic amines) is 1. The molecular formula is C16H24N6O. The molecule has 4 heterocycles. The Hall–Kier alpha value is -1.76. The highest BCUT2D eigenvalue weighted by Gasteiger charge is 2.30. The third-order valence-corrected chi connectivity index (χ3v) is 5.24. The second kappa shape index (κ2) is 6.03. The van der Waals surface area contributed by atoms with Gasteiger partial charge >= 0.3 is 0 Å². The largest absolute Gasteiger partial charge is 0.338 e. The second-order valence-electron chi connectivity index (χ2n) is 6.62. The zero-order chi connectivity index (χ0) is 15.8. The highest BCUT2D eigenvalue weighted by molar-refractivity contribution is 5.07. The van der Waals surface area contributed by atoms with Gasteiger partial charge in [0.25, 0.3) is 0 Å². The summed E-state index contributed by atoms with van der Waals surface area (Å²) in [5, 5.41) is 12.8. The van der Waals surface area contributed by atoms with E-state index in [9.17, 15) is 0 Å². The lowest BCUT2D eigenvalue weighted by atomic mass is 9.95. The van der Waals surface area contributed by atoms with Crippen LogP contribution in [0.1, 0.15) is 68.4 Å². The van der Waals surface area contributed by atoms with E-state index in [4.69, 9.17) is 4.52 Å². The number of hydrogen-bond acceptors (Lipinski definition) is 6. The van der Waals surface area contributed by atoms with Gasteiger partial charge in [-0.05, 0) is 39.3 Å². The molecule has 1 saturated heterocycles. The van der Waals surface area contributed by atoms with Crippen LogP contribution in [-0.4, -0.2) is 42.9 Å². The van der Waals surface area contributed by atoms with E-state index in [0.717, 1.165) is 57.0 Å². The van der Waals surface area contributed by atoms with Crippen LogP contribution in [0, 0.1) is 0 Å². The number of aryl methyl sites for hydroxylation is 2. The first-order chi connectivity index (χ1) is 11.3. The first-order valence-corrected chi connectivity index (χ1v) is 8.74. The fraction of sp³-hybridized carbons (Fsp3) is 0.750. The van der Waals surface area contributed by atoms with Gasteiger partial charge in [0.1, 0.15) is 11.6 Å². The number of nitrogens with zero attached hydrogens (tertiary/aromatic N) is 6. The van der Waals surface area contributed by atoms with Gasteiger partial charge in [-0.25, -0.2) is 0 Å². The molecule has 1 atom stereocenters. The van der Waals surface area contributed by atoms with Crippen LogP contribution in [0.5, 0.6) is 0 Å². The number of fused-ring (bicyclic) bond motifs is 1. The normalized spacial score (nSPS) is 20.8. The van der Waals surface area contributed by atoms with Crippen molar-refractivity contribution < 1.29 is 4.52 Å². The zero-order valence-corrected chi connectivity index (χ0v) is 13.9. The topological polar surface area (TPSA) is 72.9 Å². The van der Waals surface area contributed by atoms with Crippen LogP contribution in [0.4, 0.5) is 0 Å². The molecule has 2 aromatic heterocycles. The Balaban J connectivity index is 1.40. The molecule has 0 aromatic carbocycles. The molecule has 7 heteroatoms. The van der Waals surface area contributed by atoms with Gasteiger partial charge in [0.2, 0.25) is 5.89 Å². The summed E-state index contributed by atoms with van der Waals surface area (Å²) < 4.78 is 7.74. The van der Waals surface area contributed by atoms with Crippen molar-refractivity contribution in [3.8, 4) is 0 Å². The molecule has 0 radical (unpaired) electrons. The fourth-order valence-electron chi connectivity index (χ4n) is 3.76. The van der Waals surface area contributed by atoms with Gasteiger partial charge in [0, 0.05) is 25.3 Å². The molecule has 2 aliphatic heterocycles. The Morgan fingerprint density at radius 3 is 2.78 bits per heavy atom. The van der Waals surface area contributed by atoms with E-state index < -0.39 is 0 Å². The Morgan fingerprint density at radius 1 is 1.22 bits per heavy atom. The molecule has 0 N–H and O–H groups in total. The summed E-state index contributed by atoms with van der Waals surface area (Å²) in [6.07, 6.45) is 5.36. The SMILES string of the molecule is CCc1noc([C@H](C)N2CCC(c3nnc4n3CCC4)CC2)n1. The molecule has 0 aliphatic carbocycles. The lowest BCUT2D eigenvalue weighted by Crippen LogP contribution is -2.35. The molecule has 0 saturated carbocycles. The van der Waals surface area contributed by atoms with Gasteiger partial charge in [0.05, 0.1) is 6.04 Å². The third-order valence-electron chi connectivity index (χ3n) is 5.24. The summed E-state index contributed by atoms with van der Waals surface area (Å²) in [6.45, 7) is 7.37. The molecule has 124 valence electrons. The van der Waals surface area contributed by atoms with Gasteiger partial charge in [-0.3, -0.25) is 4.90 Å². The average Bonchev–Trinajstić information content (AvgIpc) is 3.30. The second-order valence-corrected chi connectivity index (χ2v) is 6.62. The van der Waals surface area contributed by atoms with Crippen molar-refractivity contribution in [1.82, 2.24) is 29.8 Å². The maximum atomic E-state index is 5.40. The van der Waals surface area contributed by atoms with Crippen molar-refractivity contribution >= 4 is 0 Å². The number of aromatic nitrogens is 5. The third kappa shape index (κ3) is 2.67. The molecule has 2 aliphatic rings. The Kier molecular flexibility index (Phi) is 3.88. The van der Waals surface area contributed by atoms with E-state index in [1.54, 1.807) is 0 Å². The summed E-state index contributed by atoms with van der Waals surface area (Å²) in [4.78, 5) is 6.91. The lowest BCUT2D eigenvalue weighted by Gasteiger charge is -2.34. The maximum absolute atomic E-state index is 5.40. The summed E-state index contributed by atoms with van der Waals surface area (Å²) in [6, 6.07) is 0.188. The smallest absolute Gasteiger partial charge is 0.243 e. The fourth-order valence-corrected chi connectivity index (χ4v) is 3.76. The van der Waals surface area contributed by atoms with Crippen LogP contribution in [0.15, 0.2) is 4.52 Å². The molecule has 0 spiro atoms. The lowest BCUT2D eigenvalue weighted by molar-refractivity contribution is 0.134. The van der Waals surface area contributed by atoms with Gasteiger partial charge in [-0.15, -0.1) is 10.2 Å². The summed E-state index contributed by atoms with van der Waals surface area (Å²) in [7, 11) is 0. The average molecular weight is 316 g/mol. The Labute approximate surface area is 136 Å². The molecule has 0 unspecified atom stereocenters. The number of rotatable bonds is 4. The first-order valence-electron chi connectivity index (χ1n) is 8.74. The number of hydrogen-bond donors (Lipinski definition) is 0. The molecule has 1 fully saturated rings. The maximum Gasteiger partial charge on any atom is 0.243 e. The van der Waals surface area contributed by atoms with E-state index in [2.05, 4.69) is 36.7 Å². The predicted molar refractivity (Wildman–Crippen MR) is 84.0 cm³/mol. The summed E-state index contributed by atoms with van der Waals surface area (Å²) in [5.41, 5.74) is 0. The van der Waals surface area contributed by atoms with Crippen molar-refractivity contribution in [2.45, 2.75) is 64.5 Å². The van der Waals surface area contributed by atoms with Gasteiger partial charge in [-0.2, -0.15) is 4.98 Å². The molecule has 23 heavy (non-hydrogen) atoms. The van der Waals surface area contributed by atoms with E-state index in [-0.39, 0.29) is 6.04 Å². The van der Waals surface area contributed by atoms with Crippen molar-refractivity contribution in [2.75, 3.05) is 13.1 Å².